The van der Waals surface area contributed by atoms with Gasteiger partial charge in [0, 0.05) is 24.8 Å². The van der Waals surface area contributed by atoms with Gasteiger partial charge in [0.15, 0.2) is 0 Å². The van der Waals surface area contributed by atoms with Crippen LogP contribution in [-0.4, -0.2) is 48.2 Å². The maximum atomic E-state index is 12.4. The first-order valence-corrected chi connectivity index (χ1v) is 9.11. The number of hydrogen-bond donors (Lipinski definition) is 5. The zero-order chi connectivity index (χ0) is 19.9. The van der Waals surface area contributed by atoms with Crippen LogP contribution in [0.15, 0.2) is 54.6 Å². The maximum Gasteiger partial charge on any atom is 0.250 e. The molecule has 3 atom stereocenters. The van der Waals surface area contributed by atoms with E-state index in [2.05, 4.69) is 16.0 Å². The van der Waals surface area contributed by atoms with E-state index in [0.29, 0.717) is 24.4 Å². The van der Waals surface area contributed by atoms with Gasteiger partial charge >= 0.3 is 0 Å². The molecule has 3 rings (SSSR count). The molecule has 1 fully saturated rings. The summed E-state index contributed by atoms with van der Waals surface area (Å²) in [6.07, 6.45) is -0.797. The molecule has 0 bridgehead atoms. The molecule has 2 aromatic carbocycles. The fraction of sp³-hybridized carbons (Fsp3) is 0.300. The van der Waals surface area contributed by atoms with Crippen LogP contribution in [0.4, 0.5) is 5.69 Å². The summed E-state index contributed by atoms with van der Waals surface area (Å²) in [5.74, 6) is 0.698. The maximum absolute atomic E-state index is 12.4. The molecule has 0 aromatic heterocycles. The SMILES string of the molecule is NC[C@@H](O)C(=O)NC1CN[C@H](C(=O)Nc2ccc(Oc3ccccc3)cc2)C1. The first-order valence-electron chi connectivity index (χ1n) is 9.11. The van der Waals surface area contributed by atoms with E-state index in [-0.39, 0.29) is 18.5 Å². The van der Waals surface area contributed by atoms with Crippen molar-refractivity contribution >= 4 is 17.5 Å². The van der Waals surface area contributed by atoms with E-state index in [1.165, 1.54) is 0 Å². The van der Waals surface area contributed by atoms with Crippen LogP contribution in [0.25, 0.3) is 0 Å². The lowest BCUT2D eigenvalue weighted by atomic mass is 10.1. The number of carbonyl (C=O) groups excluding carboxylic acids is 2. The molecule has 1 aliphatic rings. The predicted molar refractivity (Wildman–Crippen MR) is 105 cm³/mol. The number of anilines is 1. The molecule has 1 aliphatic heterocycles. The average Bonchev–Trinajstić information content (AvgIpc) is 3.18. The van der Waals surface area contributed by atoms with Crippen molar-refractivity contribution in [3.05, 3.63) is 54.6 Å². The second-order valence-electron chi connectivity index (χ2n) is 6.58. The number of carbonyl (C=O) groups is 2. The van der Waals surface area contributed by atoms with Crippen molar-refractivity contribution in [1.82, 2.24) is 10.6 Å². The Morgan fingerprint density at radius 1 is 1.14 bits per heavy atom. The standard InChI is InChI=1S/C20H24N4O4/c21-11-18(25)20(27)24-14-10-17(22-12-14)19(26)23-13-6-8-16(9-7-13)28-15-4-2-1-3-5-15/h1-9,14,17-18,22,25H,10-12,21H2,(H,23,26)(H,24,27)/t14?,17-,18+/m0/s1. The van der Waals surface area contributed by atoms with Crippen LogP contribution in [0.3, 0.4) is 0 Å². The van der Waals surface area contributed by atoms with Crippen LogP contribution in [-0.2, 0) is 9.59 Å². The summed E-state index contributed by atoms with van der Waals surface area (Å²) in [5, 5.41) is 18.0. The normalized spacial score (nSPS) is 19.6. The number of hydrogen-bond acceptors (Lipinski definition) is 6. The highest BCUT2D eigenvalue weighted by molar-refractivity contribution is 5.95. The Hall–Kier alpha value is -2.94. The molecule has 2 amide bonds. The van der Waals surface area contributed by atoms with Gasteiger partial charge in [-0.05, 0) is 42.8 Å². The van der Waals surface area contributed by atoms with E-state index >= 15 is 0 Å². The third-order valence-corrected chi connectivity index (χ3v) is 4.42. The molecular formula is C20H24N4O4. The van der Waals surface area contributed by atoms with Gasteiger partial charge in [0.2, 0.25) is 11.8 Å². The van der Waals surface area contributed by atoms with Crippen molar-refractivity contribution in [2.75, 3.05) is 18.4 Å². The summed E-state index contributed by atoms with van der Waals surface area (Å²) in [5.41, 5.74) is 5.91. The van der Waals surface area contributed by atoms with Crippen LogP contribution in [0.2, 0.25) is 0 Å². The minimum atomic E-state index is -1.23. The van der Waals surface area contributed by atoms with Gasteiger partial charge < -0.3 is 31.5 Å². The summed E-state index contributed by atoms with van der Waals surface area (Å²) in [6, 6.07) is 15.9. The first kappa shape index (κ1) is 19.8. The lowest BCUT2D eigenvalue weighted by Crippen LogP contribution is -2.45. The summed E-state index contributed by atoms with van der Waals surface area (Å²) in [7, 11) is 0. The zero-order valence-corrected chi connectivity index (χ0v) is 15.3. The van der Waals surface area contributed by atoms with Crippen molar-refractivity contribution < 1.29 is 19.4 Å². The Bertz CT molecular complexity index is 798. The van der Waals surface area contributed by atoms with Crippen molar-refractivity contribution in [1.29, 1.82) is 0 Å². The molecule has 0 radical (unpaired) electrons. The van der Waals surface area contributed by atoms with Crippen LogP contribution >= 0.6 is 0 Å². The average molecular weight is 384 g/mol. The Kier molecular flexibility index (Phi) is 6.59. The highest BCUT2D eigenvalue weighted by Crippen LogP contribution is 2.23. The third-order valence-electron chi connectivity index (χ3n) is 4.42. The van der Waals surface area contributed by atoms with Crippen LogP contribution in [0.5, 0.6) is 11.5 Å². The second kappa shape index (κ2) is 9.32. The van der Waals surface area contributed by atoms with E-state index in [1.54, 1.807) is 24.3 Å². The van der Waals surface area contributed by atoms with Crippen molar-refractivity contribution in [2.24, 2.45) is 5.73 Å². The van der Waals surface area contributed by atoms with Gasteiger partial charge in [0.05, 0.1) is 6.04 Å². The Morgan fingerprint density at radius 2 is 1.82 bits per heavy atom. The zero-order valence-electron chi connectivity index (χ0n) is 15.3. The number of amides is 2. The highest BCUT2D eigenvalue weighted by atomic mass is 16.5. The fourth-order valence-corrected chi connectivity index (χ4v) is 2.91. The minimum absolute atomic E-state index is 0.139. The molecule has 148 valence electrons. The number of rotatable bonds is 7. The predicted octanol–water partition coefficient (Wildman–Crippen LogP) is 0.584. The lowest BCUT2D eigenvalue weighted by molar-refractivity contribution is -0.129. The van der Waals surface area contributed by atoms with Crippen LogP contribution in [0.1, 0.15) is 6.42 Å². The van der Waals surface area contributed by atoms with Gasteiger partial charge in [-0.25, -0.2) is 0 Å². The summed E-state index contributed by atoms with van der Waals surface area (Å²) in [4.78, 5) is 24.1. The second-order valence-corrected chi connectivity index (χ2v) is 6.58. The Labute approximate surface area is 163 Å². The molecule has 1 unspecified atom stereocenters. The summed E-state index contributed by atoms with van der Waals surface area (Å²) < 4.78 is 5.72. The summed E-state index contributed by atoms with van der Waals surface area (Å²) in [6.45, 7) is 0.310. The van der Waals surface area contributed by atoms with Crippen molar-refractivity contribution in [3.8, 4) is 11.5 Å². The fourth-order valence-electron chi connectivity index (χ4n) is 2.91. The quantitative estimate of drug-likeness (QED) is 0.476. The number of aliphatic hydroxyl groups is 1. The van der Waals surface area contributed by atoms with Gasteiger partial charge in [-0.15, -0.1) is 0 Å². The molecule has 0 spiro atoms. The van der Waals surface area contributed by atoms with Gasteiger partial charge in [0.25, 0.3) is 0 Å². The molecule has 28 heavy (non-hydrogen) atoms. The number of benzene rings is 2. The van der Waals surface area contributed by atoms with E-state index in [9.17, 15) is 14.7 Å². The van der Waals surface area contributed by atoms with Crippen LogP contribution in [0, 0.1) is 0 Å². The van der Waals surface area contributed by atoms with E-state index < -0.39 is 18.1 Å². The van der Waals surface area contributed by atoms with Crippen molar-refractivity contribution in [2.45, 2.75) is 24.6 Å². The number of para-hydroxylation sites is 1. The smallest absolute Gasteiger partial charge is 0.250 e. The monoisotopic (exact) mass is 384 g/mol. The molecule has 8 heteroatoms. The molecule has 0 aliphatic carbocycles. The minimum Gasteiger partial charge on any atom is -0.457 e. The van der Waals surface area contributed by atoms with Crippen LogP contribution < -0.4 is 26.4 Å². The molecule has 0 saturated carbocycles. The Balaban J connectivity index is 1.49. The number of aliphatic hydroxyl groups excluding tert-OH is 1. The van der Waals surface area contributed by atoms with Crippen molar-refractivity contribution in [3.63, 3.8) is 0 Å². The van der Waals surface area contributed by atoms with Gasteiger partial charge in [-0.3, -0.25) is 9.59 Å². The molecule has 8 nitrogen and oxygen atoms in total. The highest BCUT2D eigenvalue weighted by Gasteiger charge is 2.31. The van der Waals surface area contributed by atoms with Gasteiger partial charge in [-0.2, -0.15) is 0 Å². The Morgan fingerprint density at radius 3 is 2.50 bits per heavy atom. The lowest BCUT2D eigenvalue weighted by Gasteiger charge is -2.15. The van der Waals surface area contributed by atoms with E-state index in [4.69, 9.17) is 10.5 Å². The molecule has 6 N–H and O–H groups in total. The topological polar surface area (TPSA) is 126 Å². The number of nitrogens with two attached hydrogens (primary N) is 1. The number of nitrogens with one attached hydrogen (secondary N) is 3. The van der Waals surface area contributed by atoms with E-state index in [1.807, 2.05) is 30.3 Å². The number of ether oxygens (including phenoxy) is 1. The van der Waals surface area contributed by atoms with Gasteiger partial charge in [0.1, 0.15) is 17.6 Å². The largest absolute Gasteiger partial charge is 0.457 e. The third kappa shape index (κ3) is 5.29. The first-order chi connectivity index (χ1) is 13.5. The molecular weight excluding hydrogens is 360 g/mol. The molecule has 1 heterocycles. The molecule has 2 aromatic rings. The van der Waals surface area contributed by atoms with Gasteiger partial charge in [-0.1, -0.05) is 18.2 Å². The molecule has 1 saturated heterocycles. The van der Waals surface area contributed by atoms with E-state index in [0.717, 1.165) is 5.75 Å². The summed E-state index contributed by atoms with van der Waals surface area (Å²) >= 11 is 0.